The van der Waals surface area contributed by atoms with Gasteiger partial charge < -0.3 is 4.98 Å². The molecule has 0 bridgehead atoms. The van der Waals surface area contributed by atoms with Gasteiger partial charge in [0.1, 0.15) is 5.82 Å². The molecular weight excluding hydrogens is 176 g/mol. The summed E-state index contributed by atoms with van der Waals surface area (Å²) < 4.78 is 0. The molecule has 2 aliphatic rings. The zero-order valence-electron chi connectivity index (χ0n) is 8.34. The van der Waals surface area contributed by atoms with Gasteiger partial charge in [0.15, 0.2) is 0 Å². The van der Waals surface area contributed by atoms with Gasteiger partial charge in [0.25, 0.3) is 5.56 Å². The summed E-state index contributed by atoms with van der Waals surface area (Å²) in [6.45, 7) is 1.87. The molecule has 14 heavy (non-hydrogen) atoms. The third-order valence-electron chi connectivity index (χ3n) is 3.05. The summed E-state index contributed by atoms with van der Waals surface area (Å²) in [7, 11) is 0. The second kappa shape index (κ2) is 2.69. The Balaban J connectivity index is 2.17. The van der Waals surface area contributed by atoms with E-state index in [0.717, 1.165) is 17.1 Å². The fourth-order valence-corrected chi connectivity index (χ4v) is 2.05. The van der Waals surface area contributed by atoms with E-state index in [0.29, 0.717) is 11.8 Å². The first-order valence-corrected chi connectivity index (χ1v) is 5.36. The smallest absolute Gasteiger partial charge is 0.254 e. The molecular formula is C11H14N2O. The van der Waals surface area contributed by atoms with Crippen LogP contribution in [0.25, 0.3) is 0 Å². The lowest BCUT2D eigenvalue weighted by Gasteiger charge is -2.06. The second-order valence-electron chi connectivity index (χ2n) is 4.50. The molecule has 1 heterocycles. The van der Waals surface area contributed by atoms with Crippen LogP contribution in [-0.4, -0.2) is 9.97 Å². The first-order valence-electron chi connectivity index (χ1n) is 5.36. The van der Waals surface area contributed by atoms with Gasteiger partial charge in [0.05, 0.1) is 5.69 Å². The van der Waals surface area contributed by atoms with Crippen molar-refractivity contribution in [2.24, 2.45) is 0 Å². The highest BCUT2D eigenvalue weighted by Gasteiger charge is 2.36. The minimum atomic E-state index is 0.113. The van der Waals surface area contributed by atoms with Crippen LogP contribution in [0.15, 0.2) is 4.79 Å². The zero-order chi connectivity index (χ0) is 9.71. The molecule has 0 saturated heterocycles. The molecule has 0 aliphatic heterocycles. The predicted molar refractivity (Wildman–Crippen MR) is 53.5 cm³/mol. The van der Waals surface area contributed by atoms with Gasteiger partial charge in [0.2, 0.25) is 0 Å². The molecule has 0 spiro atoms. The minimum absolute atomic E-state index is 0.113. The molecule has 3 rings (SSSR count). The van der Waals surface area contributed by atoms with Gasteiger partial charge in [0, 0.05) is 11.5 Å². The summed E-state index contributed by atoms with van der Waals surface area (Å²) >= 11 is 0. The van der Waals surface area contributed by atoms with Gasteiger partial charge in [-0.15, -0.1) is 0 Å². The fourth-order valence-electron chi connectivity index (χ4n) is 2.05. The average Bonchev–Trinajstić information content (AvgIpc) is 2.99. The molecule has 0 radical (unpaired) electrons. The molecule has 2 fully saturated rings. The largest absolute Gasteiger partial charge is 0.311 e. The molecule has 2 aliphatic carbocycles. The Kier molecular flexibility index (Phi) is 1.58. The fraction of sp³-hybridized carbons (Fsp3) is 0.636. The van der Waals surface area contributed by atoms with Crippen LogP contribution in [0.2, 0.25) is 0 Å². The first kappa shape index (κ1) is 8.21. The van der Waals surface area contributed by atoms with Crippen LogP contribution in [0, 0.1) is 6.92 Å². The summed E-state index contributed by atoms with van der Waals surface area (Å²) in [6.07, 6.45) is 4.78. The van der Waals surface area contributed by atoms with E-state index >= 15 is 0 Å². The Morgan fingerprint density at radius 2 is 1.86 bits per heavy atom. The van der Waals surface area contributed by atoms with Crippen LogP contribution in [0.5, 0.6) is 0 Å². The van der Waals surface area contributed by atoms with Crippen LogP contribution >= 0.6 is 0 Å². The van der Waals surface area contributed by atoms with Crippen molar-refractivity contribution in [3.05, 3.63) is 27.4 Å². The normalized spacial score (nSPS) is 21.2. The number of aryl methyl sites for hydroxylation is 1. The zero-order valence-corrected chi connectivity index (χ0v) is 8.34. The van der Waals surface area contributed by atoms with Gasteiger partial charge in [-0.1, -0.05) is 0 Å². The summed E-state index contributed by atoms with van der Waals surface area (Å²) in [4.78, 5) is 19.1. The molecule has 74 valence electrons. The number of rotatable bonds is 2. The molecule has 0 atom stereocenters. The van der Waals surface area contributed by atoms with Gasteiger partial charge in [-0.05, 0) is 38.5 Å². The SMILES string of the molecule is Cc1nc(C2CC2)c(C2CC2)c(=O)[nH]1. The summed E-state index contributed by atoms with van der Waals surface area (Å²) in [5.74, 6) is 1.87. The van der Waals surface area contributed by atoms with Crippen LogP contribution in [-0.2, 0) is 0 Å². The van der Waals surface area contributed by atoms with Crippen molar-refractivity contribution in [2.75, 3.05) is 0 Å². The van der Waals surface area contributed by atoms with E-state index in [-0.39, 0.29) is 5.56 Å². The lowest BCUT2D eigenvalue weighted by molar-refractivity contribution is 0.861. The second-order valence-corrected chi connectivity index (χ2v) is 4.50. The van der Waals surface area contributed by atoms with E-state index in [1.54, 1.807) is 0 Å². The Bertz CT molecular complexity index is 427. The van der Waals surface area contributed by atoms with Gasteiger partial charge >= 0.3 is 0 Å². The van der Waals surface area contributed by atoms with Crippen LogP contribution in [0.3, 0.4) is 0 Å². The van der Waals surface area contributed by atoms with E-state index < -0.39 is 0 Å². The summed E-state index contributed by atoms with van der Waals surface area (Å²) in [5.41, 5.74) is 2.22. The van der Waals surface area contributed by atoms with Crippen molar-refractivity contribution in [3.8, 4) is 0 Å². The Morgan fingerprint density at radius 3 is 2.43 bits per heavy atom. The minimum Gasteiger partial charge on any atom is -0.311 e. The Morgan fingerprint density at radius 1 is 1.21 bits per heavy atom. The third kappa shape index (κ3) is 1.27. The molecule has 0 unspecified atom stereocenters. The monoisotopic (exact) mass is 190 g/mol. The topological polar surface area (TPSA) is 45.8 Å². The number of nitrogens with zero attached hydrogens (tertiary/aromatic N) is 1. The Hall–Kier alpha value is -1.12. The molecule has 2 saturated carbocycles. The maximum atomic E-state index is 11.8. The van der Waals surface area contributed by atoms with E-state index in [4.69, 9.17) is 0 Å². The Labute approximate surface area is 82.6 Å². The van der Waals surface area contributed by atoms with E-state index in [2.05, 4.69) is 9.97 Å². The van der Waals surface area contributed by atoms with E-state index in [1.165, 1.54) is 25.7 Å². The number of hydrogen-bond acceptors (Lipinski definition) is 2. The van der Waals surface area contributed by atoms with Crippen molar-refractivity contribution in [1.29, 1.82) is 0 Å². The van der Waals surface area contributed by atoms with Crippen LogP contribution < -0.4 is 5.56 Å². The van der Waals surface area contributed by atoms with E-state index in [9.17, 15) is 4.79 Å². The highest BCUT2D eigenvalue weighted by molar-refractivity contribution is 5.31. The summed E-state index contributed by atoms with van der Waals surface area (Å²) in [5, 5.41) is 0. The summed E-state index contributed by atoms with van der Waals surface area (Å²) in [6, 6.07) is 0. The lowest BCUT2D eigenvalue weighted by Crippen LogP contribution is -2.18. The van der Waals surface area contributed by atoms with Crippen molar-refractivity contribution in [1.82, 2.24) is 9.97 Å². The maximum absolute atomic E-state index is 11.8. The average molecular weight is 190 g/mol. The van der Waals surface area contributed by atoms with Crippen molar-refractivity contribution < 1.29 is 0 Å². The number of hydrogen-bond donors (Lipinski definition) is 1. The third-order valence-corrected chi connectivity index (χ3v) is 3.05. The lowest BCUT2D eigenvalue weighted by atomic mass is 10.1. The van der Waals surface area contributed by atoms with E-state index in [1.807, 2.05) is 6.92 Å². The first-order chi connectivity index (χ1) is 6.75. The molecule has 1 aromatic heterocycles. The van der Waals surface area contributed by atoms with Crippen LogP contribution in [0.4, 0.5) is 0 Å². The number of aromatic amines is 1. The highest BCUT2D eigenvalue weighted by Crippen LogP contribution is 2.46. The molecule has 1 aromatic rings. The van der Waals surface area contributed by atoms with Gasteiger partial charge in [-0.25, -0.2) is 4.98 Å². The predicted octanol–water partition coefficient (Wildman–Crippen LogP) is 1.83. The number of H-pyrrole nitrogens is 1. The molecule has 0 aromatic carbocycles. The van der Waals surface area contributed by atoms with Gasteiger partial charge in [-0.2, -0.15) is 0 Å². The number of aromatic nitrogens is 2. The van der Waals surface area contributed by atoms with Crippen molar-refractivity contribution in [2.45, 2.75) is 44.4 Å². The standard InChI is InChI=1S/C11H14N2O/c1-6-12-10(8-4-5-8)9(7-2-3-7)11(14)13-6/h7-8H,2-5H2,1H3,(H,12,13,14). The van der Waals surface area contributed by atoms with Gasteiger partial charge in [-0.3, -0.25) is 4.79 Å². The van der Waals surface area contributed by atoms with Crippen molar-refractivity contribution >= 4 is 0 Å². The molecule has 1 N–H and O–H groups in total. The van der Waals surface area contributed by atoms with Crippen molar-refractivity contribution in [3.63, 3.8) is 0 Å². The molecule has 3 heteroatoms. The quantitative estimate of drug-likeness (QED) is 0.773. The van der Waals surface area contributed by atoms with Crippen LogP contribution in [0.1, 0.15) is 54.6 Å². The highest BCUT2D eigenvalue weighted by atomic mass is 16.1. The number of nitrogens with one attached hydrogen (secondary N) is 1. The maximum Gasteiger partial charge on any atom is 0.254 e. The molecule has 3 nitrogen and oxygen atoms in total. The molecule has 0 amide bonds.